The number of halogens is 2. The van der Waals surface area contributed by atoms with Crippen molar-refractivity contribution in [2.75, 3.05) is 31.6 Å². The molecule has 42 heavy (non-hydrogen) atoms. The maximum Gasteiger partial charge on any atom is 0.165 e. The van der Waals surface area contributed by atoms with Crippen LogP contribution < -0.4 is 4.90 Å². The van der Waals surface area contributed by atoms with Crippen LogP contribution in [0.4, 0.5) is 10.2 Å². The summed E-state index contributed by atoms with van der Waals surface area (Å²) < 4.78 is 28.9. The van der Waals surface area contributed by atoms with E-state index in [9.17, 15) is 4.39 Å². The van der Waals surface area contributed by atoms with E-state index < -0.39 is 22.0 Å². The Morgan fingerprint density at radius 3 is 2.12 bits per heavy atom. The first-order chi connectivity index (χ1) is 19.9. The lowest BCUT2D eigenvalue weighted by Crippen LogP contribution is -2.33. The summed E-state index contributed by atoms with van der Waals surface area (Å²) in [5, 5.41) is 4.62. The minimum absolute atomic E-state index is 0.139. The summed E-state index contributed by atoms with van der Waals surface area (Å²) in [6.45, 7) is 16.4. The van der Waals surface area contributed by atoms with Crippen LogP contribution in [0.15, 0.2) is 24.5 Å². The predicted octanol–water partition coefficient (Wildman–Crippen LogP) is 8.31. The average molecular weight is 632 g/mol. The van der Waals surface area contributed by atoms with E-state index in [4.69, 9.17) is 31.2 Å². The van der Waals surface area contributed by atoms with E-state index in [2.05, 4.69) is 55.2 Å². The lowest BCUT2D eigenvalue weighted by Gasteiger charge is -2.30. The van der Waals surface area contributed by atoms with Crippen LogP contribution in [-0.4, -0.2) is 62.4 Å². The standard InChI is InChI=1S/C31H47ClFN5O2Si2/c1-41(2,3)11-9-39-20-37(21-40-10-12-42(4,5)6)29-17-28(24-14-22-7-8-23(13-22)15-24)36-31-26(19-35-38(29)31)25-16-27(33)30(32)34-18-25/h16-19,22-24H,7-15,20-21H2,1-6H3/t22-,23+,24?. The molecule has 1 unspecified atom stereocenters. The van der Waals surface area contributed by atoms with Crippen LogP contribution in [-0.2, 0) is 9.47 Å². The molecule has 0 amide bonds. The number of aromatic nitrogens is 4. The number of ether oxygens (including phenoxy) is 2. The Kier molecular flexibility index (Phi) is 9.78. The van der Waals surface area contributed by atoms with Crippen molar-refractivity contribution < 1.29 is 13.9 Å². The molecule has 3 aromatic rings. The summed E-state index contributed by atoms with van der Waals surface area (Å²) in [6.07, 6.45) is 9.67. The minimum Gasteiger partial charge on any atom is -0.361 e. The number of fused-ring (bicyclic) bond motifs is 3. The van der Waals surface area contributed by atoms with Gasteiger partial charge in [0.1, 0.15) is 19.3 Å². The average Bonchev–Trinajstić information content (AvgIpc) is 3.49. The summed E-state index contributed by atoms with van der Waals surface area (Å²) in [7, 11) is -2.46. The fraction of sp³-hybridized carbons (Fsp3) is 0.645. The quantitative estimate of drug-likeness (QED) is 0.0818. The number of nitrogens with zero attached hydrogens (tertiary/aromatic N) is 5. The van der Waals surface area contributed by atoms with Gasteiger partial charge in [-0.05, 0) is 49.3 Å². The van der Waals surface area contributed by atoms with Crippen molar-refractivity contribution in [3.63, 3.8) is 0 Å². The van der Waals surface area contributed by atoms with E-state index >= 15 is 0 Å². The second-order valence-corrected chi connectivity index (χ2v) is 26.4. The van der Waals surface area contributed by atoms with Gasteiger partial charge in [-0.3, -0.25) is 0 Å². The molecular formula is C31H47ClFN5O2Si2. The summed E-state index contributed by atoms with van der Waals surface area (Å²) in [5.41, 5.74) is 3.11. The molecular weight excluding hydrogens is 585 g/mol. The molecule has 0 aromatic carbocycles. The largest absolute Gasteiger partial charge is 0.361 e. The van der Waals surface area contributed by atoms with Gasteiger partial charge in [0.2, 0.25) is 0 Å². The van der Waals surface area contributed by atoms with Crippen LogP contribution >= 0.6 is 11.6 Å². The monoisotopic (exact) mass is 631 g/mol. The van der Waals surface area contributed by atoms with Gasteiger partial charge in [-0.25, -0.2) is 14.4 Å². The Morgan fingerprint density at radius 2 is 1.55 bits per heavy atom. The summed E-state index contributed by atoms with van der Waals surface area (Å²) >= 11 is 5.91. The zero-order chi connectivity index (χ0) is 30.1. The second kappa shape index (κ2) is 13.0. The third-order valence-electron chi connectivity index (χ3n) is 8.69. The van der Waals surface area contributed by atoms with Gasteiger partial charge >= 0.3 is 0 Å². The molecule has 2 fully saturated rings. The van der Waals surface area contributed by atoms with E-state index in [0.29, 0.717) is 43.8 Å². The van der Waals surface area contributed by atoms with E-state index in [1.54, 1.807) is 12.4 Å². The van der Waals surface area contributed by atoms with Crippen LogP contribution in [0, 0.1) is 17.7 Å². The number of anilines is 1. The third kappa shape index (κ3) is 7.99. The zero-order valence-corrected chi connectivity index (χ0v) is 28.9. The van der Waals surface area contributed by atoms with Gasteiger partial charge in [-0.15, -0.1) is 0 Å². The molecule has 2 bridgehead atoms. The van der Waals surface area contributed by atoms with Gasteiger partial charge in [0.25, 0.3) is 0 Å². The predicted molar refractivity (Wildman–Crippen MR) is 174 cm³/mol. The molecule has 3 atom stereocenters. The van der Waals surface area contributed by atoms with Crippen molar-refractivity contribution in [1.82, 2.24) is 19.6 Å². The summed E-state index contributed by atoms with van der Waals surface area (Å²) in [6, 6.07) is 5.81. The molecule has 0 aliphatic heterocycles. The smallest absolute Gasteiger partial charge is 0.165 e. The highest BCUT2D eigenvalue weighted by Gasteiger charge is 2.36. The number of hydrogen-bond acceptors (Lipinski definition) is 6. The lowest BCUT2D eigenvalue weighted by molar-refractivity contribution is 0.0942. The maximum absolute atomic E-state index is 14.5. The van der Waals surface area contributed by atoms with E-state index in [1.807, 2.05) is 4.52 Å². The van der Waals surface area contributed by atoms with Crippen LogP contribution in [0.5, 0.6) is 0 Å². The van der Waals surface area contributed by atoms with Gasteiger partial charge in [0.05, 0.1) is 6.20 Å². The van der Waals surface area contributed by atoms with Gasteiger partial charge in [0.15, 0.2) is 16.6 Å². The van der Waals surface area contributed by atoms with Crippen LogP contribution in [0.1, 0.15) is 43.7 Å². The third-order valence-corrected chi connectivity index (χ3v) is 12.4. The molecule has 2 aliphatic carbocycles. The Morgan fingerprint density at radius 1 is 0.929 bits per heavy atom. The van der Waals surface area contributed by atoms with Crippen molar-refractivity contribution in [3.8, 4) is 11.1 Å². The second-order valence-electron chi connectivity index (χ2n) is 14.8. The Hall–Kier alpha value is -1.86. The zero-order valence-electron chi connectivity index (χ0n) is 26.1. The van der Waals surface area contributed by atoms with Crippen LogP contribution in [0.3, 0.4) is 0 Å². The molecule has 0 spiro atoms. The van der Waals surface area contributed by atoms with Crippen LogP contribution in [0.25, 0.3) is 16.8 Å². The first kappa shape index (κ1) is 31.6. The van der Waals surface area contributed by atoms with E-state index in [0.717, 1.165) is 41.0 Å². The molecule has 0 N–H and O–H groups in total. The molecule has 11 heteroatoms. The van der Waals surface area contributed by atoms with Crippen molar-refractivity contribution in [2.45, 2.75) is 89.4 Å². The van der Waals surface area contributed by atoms with Crippen LogP contribution in [0.2, 0.25) is 56.5 Å². The number of pyridine rings is 1. The van der Waals surface area contributed by atoms with E-state index in [-0.39, 0.29) is 5.15 Å². The molecule has 5 rings (SSSR count). The van der Waals surface area contributed by atoms with Crippen molar-refractivity contribution in [3.05, 3.63) is 41.2 Å². The number of hydrogen-bond donors (Lipinski definition) is 0. The molecule has 230 valence electrons. The molecule has 0 saturated heterocycles. The first-order valence-corrected chi connectivity index (χ1v) is 23.3. The van der Waals surface area contributed by atoms with Gasteiger partial charge in [-0.1, -0.05) is 63.7 Å². The highest BCUT2D eigenvalue weighted by molar-refractivity contribution is 6.76. The minimum atomic E-state index is -1.23. The van der Waals surface area contributed by atoms with E-state index in [1.165, 1.54) is 38.2 Å². The topological polar surface area (TPSA) is 64.8 Å². The van der Waals surface area contributed by atoms with Crippen molar-refractivity contribution >= 4 is 39.2 Å². The molecule has 3 aromatic heterocycles. The highest BCUT2D eigenvalue weighted by Crippen LogP contribution is 2.48. The van der Waals surface area contributed by atoms with Crippen molar-refractivity contribution in [1.29, 1.82) is 0 Å². The first-order valence-electron chi connectivity index (χ1n) is 15.5. The Balaban J connectivity index is 1.52. The SMILES string of the molecule is C[Si](C)(C)CCOCN(COCC[Si](C)(C)C)c1cc(C2C[C@H]3CC[C@@H](C2)C3)nc2c(-c3cnc(Cl)c(F)c3)cnn12. The lowest BCUT2D eigenvalue weighted by atomic mass is 9.79. The summed E-state index contributed by atoms with van der Waals surface area (Å²) in [4.78, 5) is 11.4. The summed E-state index contributed by atoms with van der Waals surface area (Å²) in [5.74, 6) is 2.29. The highest BCUT2D eigenvalue weighted by atomic mass is 35.5. The molecule has 2 aliphatic rings. The Labute approximate surface area is 257 Å². The normalized spacial score (nSPS) is 20.9. The van der Waals surface area contributed by atoms with Gasteiger partial charge in [-0.2, -0.15) is 9.61 Å². The Bertz CT molecular complexity index is 1340. The van der Waals surface area contributed by atoms with Gasteiger partial charge in [0, 0.05) is 64.4 Å². The fourth-order valence-corrected chi connectivity index (χ4v) is 7.81. The van der Waals surface area contributed by atoms with Crippen molar-refractivity contribution in [2.24, 2.45) is 11.8 Å². The fourth-order valence-electron chi connectivity index (χ4n) is 6.20. The maximum atomic E-state index is 14.5. The molecule has 3 heterocycles. The molecule has 0 radical (unpaired) electrons. The molecule has 2 saturated carbocycles. The van der Waals surface area contributed by atoms with Gasteiger partial charge < -0.3 is 14.4 Å². The molecule has 7 nitrogen and oxygen atoms in total. The number of rotatable bonds is 13.